The van der Waals surface area contributed by atoms with Crippen molar-refractivity contribution in [1.82, 2.24) is 20.3 Å². The van der Waals surface area contributed by atoms with Gasteiger partial charge in [0.1, 0.15) is 0 Å². The van der Waals surface area contributed by atoms with Gasteiger partial charge in [-0.1, -0.05) is 24.3 Å². The van der Waals surface area contributed by atoms with E-state index in [2.05, 4.69) is 56.7 Å². The topological polar surface area (TPSA) is 98.4 Å². The number of aromatic amines is 1. The summed E-state index contributed by atoms with van der Waals surface area (Å²) in [6.45, 7) is 3.40. The van der Waals surface area contributed by atoms with Crippen LogP contribution in [0.4, 0.5) is 0 Å². The molecule has 1 heterocycles. The Morgan fingerprint density at radius 2 is 1.90 bits per heavy atom. The molecule has 164 valence electrons. The number of aryl methyl sites for hydroxylation is 1. The number of rotatable bonds is 8. The third kappa shape index (κ3) is 5.45. The van der Waals surface area contributed by atoms with E-state index in [4.69, 9.17) is 0 Å². The van der Waals surface area contributed by atoms with Gasteiger partial charge in [0.05, 0.1) is 4.90 Å². The molecule has 1 aromatic heterocycles. The molecule has 4 rings (SSSR count). The fourth-order valence-corrected chi connectivity index (χ4v) is 4.81. The molecule has 3 aromatic rings. The van der Waals surface area contributed by atoms with Gasteiger partial charge >= 0.3 is 0 Å². The van der Waals surface area contributed by atoms with Gasteiger partial charge in [0.25, 0.3) is 0 Å². The first-order valence-electron chi connectivity index (χ1n) is 10.6. The molecule has 0 radical (unpaired) electrons. The average Bonchev–Trinajstić information content (AvgIpc) is 3.48. The van der Waals surface area contributed by atoms with Gasteiger partial charge in [0.15, 0.2) is 5.96 Å². The summed E-state index contributed by atoms with van der Waals surface area (Å²) in [5, 5.41) is 7.87. The highest BCUT2D eigenvalue weighted by atomic mass is 32.2. The molecule has 0 saturated heterocycles. The van der Waals surface area contributed by atoms with Crippen LogP contribution in [0, 0.1) is 6.92 Å². The van der Waals surface area contributed by atoms with Crippen LogP contribution in [0.15, 0.2) is 58.5 Å². The third-order valence-corrected chi connectivity index (χ3v) is 6.96. The Hall–Kier alpha value is -2.84. The molecule has 0 bridgehead atoms. The van der Waals surface area contributed by atoms with Crippen LogP contribution >= 0.6 is 0 Å². The number of hydrogen-bond donors (Lipinski definition) is 4. The summed E-state index contributed by atoms with van der Waals surface area (Å²) >= 11 is 0. The molecule has 1 aliphatic rings. The van der Waals surface area contributed by atoms with Gasteiger partial charge in [-0.15, -0.1) is 0 Å². The smallest absolute Gasteiger partial charge is 0.240 e. The summed E-state index contributed by atoms with van der Waals surface area (Å²) in [4.78, 5) is 7.91. The van der Waals surface area contributed by atoms with E-state index in [1.165, 1.54) is 16.5 Å². The standard InChI is InChI=1S/C23H29N5O2S/c1-16-3-10-21-18(15-26-22(21)13-16)11-12-25-23(24-2)27-14-17-4-8-20(9-5-17)31(29,30)28-19-6-7-19/h3-5,8-10,13,15,19,26,28H,6-7,11-12,14H2,1-2H3,(H2,24,25,27). The molecule has 2 aromatic carbocycles. The highest BCUT2D eigenvalue weighted by molar-refractivity contribution is 7.89. The van der Waals surface area contributed by atoms with E-state index in [0.717, 1.165) is 36.9 Å². The Morgan fingerprint density at radius 3 is 2.61 bits per heavy atom. The molecule has 0 unspecified atom stereocenters. The highest BCUT2D eigenvalue weighted by Crippen LogP contribution is 2.22. The number of H-pyrrole nitrogens is 1. The van der Waals surface area contributed by atoms with Crippen LogP contribution in [0.5, 0.6) is 0 Å². The van der Waals surface area contributed by atoms with Crippen molar-refractivity contribution in [1.29, 1.82) is 0 Å². The van der Waals surface area contributed by atoms with Gasteiger partial charge in [0.2, 0.25) is 10.0 Å². The lowest BCUT2D eigenvalue weighted by molar-refractivity contribution is 0.581. The zero-order chi connectivity index (χ0) is 21.8. The van der Waals surface area contributed by atoms with Crippen LogP contribution in [0.1, 0.15) is 29.5 Å². The van der Waals surface area contributed by atoms with E-state index >= 15 is 0 Å². The van der Waals surface area contributed by atoms with Gasteiger partial charge < -0.3 is 15.6 Å². The summed E-state index contributed by atoms with van der Waals surface area (Å²) in [6, 6.07) is 13.5. The summed E-state index contributed by atoms with van der Waals surface area (Å²) in [5.41, 5.74) is 4.67. The fraction of sp³-hybridized carbons (Fsp3) is 0.348. The van der Waals surface area contributed by atoms with Crippen molar-refractivity contribution in [3.63, 3.8) is 0 Å². The molecular formula is C23H29N5O2S. The molecule has 7 nitrogen and oxygen atoms in total. The number of fused-ring (bicyclic) bond motifs is 1. The molecule has 0 atom stereocenters. The number of aromatic nitrogens is 1. The monoisotopic (exact) mass is 439 g/mol. The highest BCUT2D eigenvalue weighted by Gasteiger charge is 2.27. The number of guanidine groups is 1. The van der Waals surface area contributed by atoms with Crippen molar-refractivity contribution in [2.45, 2.75) is 43.7 Å². The molecule has 0 aliphatic heterocycles. The Balaban J connectivity index is 1.27. The largest absolute Gasteiger partial charge is 0.361 e. The predicted molar refractivity (Wildman–Crippen MR) is 125 cm³/mol. The third-order valence-electron chi connectivity index (χ3n) is 5.43. The van der Waals surface area contributed by atoms with Crippen molar-refractivity contribution in [2.24, 2.45) is 4.99 Å². The molecule has 4 N–H and O–H groups in total. The van der Waals surface area contributed by atoms with E-state index in [9.17, 15) is 8.42 Å². The molecule has 1 fully saturated rings. The molecule has 1 aliphatic carbocycles. The fourth-order valence-electron chi connectivity index (χ4n) is 3.50. The predicted octanol–water partition coefficient (Wildman–Crippen LogP) is 2.82. The van der Waals surface area contributed by atoms with Crippen molar-refractivity contribution in [3.8, 4) is 0 Å². The Kier molecular flexibility index (Phi) is 6.29. The lowest BCUT2D eigenvalue weighted by atomic mass is 10.1. The molecule has 0 amide bonds. The molecule has 31 heavy (non-hydrogen) atoms. The van der Waals surface area contributed by atoms with Gasteiger partial charge in [-0.25, -0.2) is 13.1 Å². The second kappa shape index (κ2) is 9.11. The number of nitrogens with one attached hydrogen (secondary N) is 4. The maximum atomic E-state index is 12.3. The van der Waals surface area contributed by atoms with Crippen LogP contribution in [0.25, 0.3) is 10.9 Å². The summed E-state index contributed by atoms with van der Waals surface area (Å²) in [5.74, 6) is 0.711. The van der Waals surface area contributed by atoms with E-state index in [1.54, 1.807) is 19.2 Å². The molecular weight excluding hydrogens is 410 g/mol. The summed E-state index contributed by atoms with van der Waals surface area (Å²) in [6.07, 6.45) is 4.79. The minimum absolute atomic E-state index is 0.106. The van der Waals surface area contributed by atoms with Crippen LogP contribution in [0.2, 0.25) is 0 Å². The minimum Gasteiger partial charge on any atom is -0.361 e. The van der Waals surface area contributed by atoms with Crippen molar-refractivity contribution in [2.75, 3.05) is 13.6 Å². The number of sulfonamides is 1. The van der Waals surface area contributed by atoms with Gasteiger partial charge in [-0.2, -0.15) is 0 Å². The Bertz CT molecular complexity index is 1180. The number of nitrogens with zero attached hydrogens (tertiary/aromatic N) is 1. The van der Waals surface area contributed by atoms with E-state index in [-0.39, 0.29) is 6.04 Å². The van der Waals surface area contributed by atoms with Crippen LogP contribution in [-0.4, -0.2) is 39.0 Å². The van der Waals surface area contributed by atoms with Crippen LogP contribution < -0.4 is 15.4 Å². The number of benzene rings is 2. The second-order valence-corrected chi connectivity index (χ2v) is 9.72. The summed E-state index contributed by atoms with van der Waals surface area (Å²) in [7, 11) is -1.67. The normalized spacial score (nSPS) is 14.7. The number of hydrogen-bond acceptors (Lipinski definition) is 3. The minimum atomic E-state index is -3.41. The Morgan fingerprint density at radius 1 is 1.13 bits per heavy atom. The zero-order valence-corrected chi connectivity index (χ0v) is 18.7. The van der Waals surface area contributed by atoms with E-state index in [1.807, 2.05) is 12.1 Å². The van der Waals surface area contributed by atoms with Gasteiger partial charge in [0, 0.05) is 43.3 Å². The maximum absolute atomic E-state index is 12.3. The van der Waals surface area contributed by atoms with Gasteiger partial charge in [-0.05, 0) is 61.1 Å². The van der Waals surface area contributed by atoms with Crippen molar-refractivity contribution in [3.05, 3.63) is 65.4 Å². The van der Waals surface area contributed by atoms with Crippen molar-refractivity contribution < 1.29 is 8.42 Å². The quantitative estimate of drug-likeness (QED) is 0.320. The van der Waals surface area contributed by atoms with Gasteiger partial charge in [-0.3, -0.25) is 4.99 Å². The van der Waals surface area contributed by atoms with E-state index < -0.39 is 10.0 Å². The molecule has 1 saturated carbocycles. The summed E-state index contributed by atoms with van der Waals surface area (Å²) < 4.78 is 27.2. The SMILES string of the molecule is CN=C(NCCc1c[nH]c2cc(C)ccc12)NCc1ccc(S(=O)(=O)NC2CC2)cc1. The van der Waals surface area contributed by atoms with E-state index in [0.29, 0.717) is 17.4 Å². The molecule has 0 spiro atoms. The first-order valence-corrected chi connectivity index (χ1v) is 12.1. The van der Waals surface area contributed by atoms with Crippen LogP contribution in [0.3, 0.4) is 0 Å². The maximum Gasteiger partial charge on any atom is 0.240 e. The van der Waals surface area contributed by atoms with Crippen LogP contribution in [-0.2, 0) is 23.0 Å². The average molecular weight is 440 g/mol. The lowest BCUT2D eigenvalue weighted by Crippen LogP contribution is -2.37. The second-order valence-electron chi connectivity index (χ2n) is 8.01. The molecule has 8 heteroatoms. The Labute approximate surface area is 183 Å². The van der Waals surface area contributed by atoms with Crippen molar-refractivity contribution >= 4 is 26.9 Å². The lowest BCUT2D eigenvalue weighted by Gasteiger charge is -2.12. The number of aliphatic imine (C=N–C) groups is 1. The first-order chi connectivity index (χ1) is 14.9. The first kappa shape index (κ1) is 21.4. The zero-order valence-electron chi connectivity index (χ0n) is 17.9.